The second-order valence-electron chi connectivity index (χ2n) is 6.99. The van der Waals surface area contributed by atoms with E-state index in [4.69, 9.17) is 21.4 Å². The van der Waals surface area contributed by atoms with Crippen molar-refractivity contribution in [2.75, 3.05) is 0 Å². The Kier molecular flexibility index (Phi) is 3.80. The average molecular weight is 390 g/mol. The first kappa shape index (κ1) is 16.3. The van der Waals surface area contributed by atoms with Gasteiger partial charge in [0.05, 0.1) is 43.5 Å². The molecule has 3 aliphatic heterocycles. The van der Waals surface area contributed by atoms with Gasteiger partial charge in [-0.3, -0.25) is 4.79 Å². The summed E-state index contributed by atoms with van der Waals surface area (Å²) in [6.45, 7) is 1.17. The Labute approximate surface area is 160 Å². The lowest BCUT2D eigenvalue weighted by atomic mass is 9.74. The summed E-state index contributed by atoms with van der Waals surface area (Å²) < 4.78 is 11.1. The van der Waals surface area contributed by atoms with Crippen LogP contribution in [-0.4, -0.2) is 50.3 Å². The molecule has 4 aliphatic rings. The molecule has 1 saturated carbocycles. The second kappa shape index (κ2) is 6.07. The molecule has 2 aromatic heterocycles. The van der Waals surface area contributed by atoms with E-state index in [1.165, 1.54) is 4.88 Å². The van der Waals surface area contributed by atoms with Gasteiger partial charge in [0, 0.05) is 4.88 Å². The van der Waals surface area contributed by atoms with E-state index in [9.17, 15) is 9.90 Å². The van der Waals surface area contributed by atoms with Crippen LogP contribution in [0.4, 0.5) is 0 Å². The van der Waals surface area contributed by atoms with Gasteiger partial charge in [0.15, 0.2) is 5.11 Å². The SMILES string of the molecule is O=C1O[C@@H]2[C@H]3[C@H]([C@@H]1C[C@H]2O)N(Cc1ccco1)C(=S)N3Cc1cccs1. The number of rotatable bonds is 4. The van der Waals surface area contributed by atoms with Crippen LogP contribution < -0.4 is 0 Å². The summed E-state index contributed by atoms with van der Waals surface area (Å²) in [4.78, 5) is 17.8. The lowest BCUT2D eigenvalue weighted by molar-refractivity contribution is -0.199. The summed E-state index contributed by atoms with van der Waals surface area (Å²) in [5.74, 6) is 0.201. The fourth-order valence-electron chi connectivity index (χ4n) is 4.47. The number of ether oxygens (including phenoxy) is 1. The normalized spacial score (nSPS) is 32.9. The molecular formula is C18H18N2O4S2. The largest absolute Gasteiger partial charge is 0.467 e. The zero-order valence-corrected chi connectivity index (χ0v) is 15.5. The van der Waals surface area contributed by atoms with E-state index in [0.29, 0.717) is 24.6 Å². The Morgan fingerprint density at radius 1 is 1.23 bits per heavy atom. The smallest absolute Gasteiger partial charge is 0.311 e. The van der Waals surface area contributed by atoms with Crippen LogP contribution in [0.5, 0.6) is 0 Å². The van der Waals surface area contributed by atoms with Crippen LogP contribution in [0.25, 0.3) is 0 Å². The quantitative estimate of drug-likeness (QED) is 0.633. The predicted molar refractivity (Wildman–Crippen MR) is 98.3 cm³/mol. The molecule has 0 spiro atoms. The molecule has 5 atom stereocenters. The van der Waals surface area contributed by atoms with Gasteiger partial charge in [-0.2, -0.15) is 0 Å². The van der Waals surface area contributed by atoms with Gasteiger partial charge >= 0.3 is 5.97 Å². The van der Waals surface area contributed by atoms with Crippen molar-refractivity contribution < 1.29 is 19.1 Å². The minimum absolute atomic E-state index is 0.0952. The van der Waals surface area contributed by atoms with Crippen LogP contribution in [0.2, 0.25) is 0 Å². The topological polar surface area (TPSA) is 66.2 Å². The standard InChI is InChI=1S/C18H18N2O4S2/c21-13-7-12-14-15(16(13)24-17(12)22)20(9-11-4-2-6-26-11)18(25)19(14)8-10-3-1-5-23-10/h1-6,12-16,21H,7-9H2/t12-,13+,14-,15+,16-/m0/s1. The van der Waals surface area contributed by atoms with Crippen molar-refractivity contribution in [2.45, 2.75) is 43.8 Å². The molecule has 8 heteroatoms. The number of carbonyl (C=O) groups excluding carboxylic acids is 1. The van der Waals surface area contributed by atoms with E-state index in [1.807, 2.05) is 23.6 Å². The van der Waals surface area contributed by atoms with Crippen molar-refractivity contribution in [1.29, 1.82) is 0 Å². The first-order valence-electron chi connectivity index (χ1n) is 8.64. The molecule has 0 radical (unpaired) electrons. The molecule has 136 valence electrons. The molecule has 3 saturated heterocycles. The molecule has 0 unspecified atom stereocenters. The van der Waals surface area contributed by atoms with Crippen LogP contribution in [-0.2, 0) is 22.6 Å². The third-order valence-corrected chi connectivity index (χ3v) is 6.88. The Balaban J connectivity index is 1.52. The molecule has 6 rings (SSSR count). The van der Waals surface area contributed by atoms with Crippen molar-refractivity contribution in [3.8, 4) is 0 Å². The highest BCUT2D eigenvalue weighted by Gasteiger charge is 2.62. The third kappa shape index (κ3) is 2.39. The van der Waals surface area contributed by atoms with Gasteiger partial charge in [0.1, 0.15) is 11.9 Å². The summed E-state index contributed by atoms with van der Waals surface area (Å²) in [6, 6.07) is 7.61. The van der Waals surface area contributed by atoms with Crippen LogP contribution in [0.3, 0.4) is 0 Å². The third-order valence-electron chi connectivity index (χ3n) is 5.55. The number of hydrogen-bond acceptors (Lipinski definition) is 6. The molecule has 0 aromatic carbocycles. The Morgan fingerprint density at radius 3 is 2.81 bits per heavy atom. The van der Waals surface area contributed by atoms with Crippen molar-refractivity contribution in [2.24, 2.45) is 5.92 Å². The number of esters is 1. The Hall–Kier alpha value is -1.90. The fraction of sp³-hybridized carbons (Fsp3) is 0.444. The van der Waals surface area contributed by atoms with E-state index in [0.717, 1.165) is 5.76 Å². The van der Waals surface area contributed by atoms with Crippen LogP contribution in [0.15, 0.2) is 40.3 Å². The maximum Gasteiger partial charge on any atom is 0.311 e. The summed E-state index contributed by atoms with van der Waals surface area (Å²) in [5, 5.41) is 13.2. The summed E-state index contributed by atoms with van der Waals surface area (Å²) in [6.07, 6.45) is 0.878. The van der Waals surface area contributed by atoms with Crippen LogP contribution in [0, 0.1) is 5.92 Å². The maximum absolute atomic E-state index is 12.4. The number of thiophene rings is 1. The molecule has 4 fully saturated rings. The Morgan fingerprint density at radius 2 is 2.08 bits per heavy atom. The summed E-state index contributed by atoms with van der Waals surface area (Å²) in [7, 11) is 0. The minimum atomic E-state index is -0.642. The summed E-state index contributed by atoms with van der Waals surface area (Å²) >= 11 is 7.47. The first-order chi connectivity index (χ1) is 12.6. The highest BCUT2D eigenvalue weighted by molar-refractivity contribution is 7.80. The lowest BCUT2D eigenvalue weighted by Crippen LogP contribution is -2.66. The van der Waals surface area contributed by atoms with E-state index >= 15 is 0 Å². The van der Waals surface area contributed by atoms with Crippen molar-refractivity contribution in [3.63, 3.8) is 0 Å². The van der Waals surface area contributed by atoms with Gasteiger partial charge in [0.2, 0.25) is 0 Å². The van der Waals surface area contributed by atoms with Crippen LogP contribution >= 0.6 is 23.6 Å². The van der Waals surface area contributed by atoms with Gasteiger partial charge in [-0.25, -0.2) is 0 Å². The van der Waals surface area contributed by atoms with Gasteiger partial charge in [-0.1, -0.05) is 6.07 Å². The van der Waals surface area contributed by atoms with Crippen molar-refractivity contribution >= 4 is 34.6 Å². The van der Waals surface area contributed by atoms with Gasteiger partial charge < -0.3 is 24.1 Å². The van der Waals surface area contributed by atoms with E-state index in [2.05, 4.69) is 15.9 Å². The molecule has 1 N–H and O–H groups in total. The molecule has 5 heterocycles. The van der Waals surface area contributed by atoms with E-state index in [-0.39, 0.29) is 24.0 Å². The predicted octanol–water partition coefficient (Wildman–Crippen LogP) is 1.99. The number of thiocarbonyl (C=S) groups is 1. The van der Waals surface area contributed by atoms with Crippen molar-refractivity contribution in [1.82, 2.24) is 9.80 Å². The number of nitrogens with zero attached hydrogens (tertiary/aromatic N) is 2. The minimum Gasteiger partial charge on any atom is -0.467 e. The maximum atomic E-state index is 12.4. The number of hydrogen-bond donors (Lipinski definition) is 1. The van der Waals surface area contributed by atoms with Gasteiger partial charge in [0.25, 0.3) is 0 Å². The average Bonchev–Trinajstić information content (AvgIpc) is 3.35. The number of fused-ring (bicyclic) bond motifs is 2. The van der Waals surface area contributed by atoms with Crippen molar-refractivity contribution in [3.05, 3.63) is 46.5 Å². The van der Waals surface area contributed by atoms with E-state index in [1.54, 1.807) is 17.6 Å². The monoisotopic (exact) mass is 390 g/mol. The van der Waals surface area contributed by atoms with E-state index < -0.39 is 12.2 Å². The number of aliphatic hydroxyl groups excluding tert-OH is 1. The summed E-state index contributed by atoms with van der Waals surface area (Å²) in [5.41, 5.74) is 0. The highest BCUT2D eigenvalue weighted by atomic mass is 32.1. The zero-order valence-electron chi connectivity index (χ0n) is 13.9. The van der Waals surface area contributed by atoms with Gasteiger partial charge in [-0.15, -0.1) is 11.3 Å². The van der Waals surface area contributed by atoms with Gasteiger partial charge in [-0.05, 0) is 42.2 Å². The molecule has 2 aromatic rings. The second-order valence-corrected chi connectivity index (χ2v) is 8.39. The van der Waals surface area contributed by atoms with Crippen LogP contribution in [0.1, 0.15) is 17.1 Å². The molecular weight excluding hydrogens is 372 g/mol. The number of furan rings is 1. The molecule has 1 aliphatic carbocycles. The highest BCUT2D eigenvalue weighted by Crippen LogP contribution is 2.45. The molecule has 6 nitrogen and oxygen atoms in total. The molecule has 2 bridgehead atoms. The molecule has 0 amide bonds. The number of aliphatic hydroxyl groups is 1. The fourth-order valence-corrected chi connectivity index (χ4v) is 5.54. The zero-order chi connectivity index (χ0) is 17.8. The first-order valence-corrected chi connectivity index (χ1v) is 9.93. The number of carbonyl (C=O) groups is 1. The lowest BCUT2D eigenvalue weighted by Gasteiger charge is -2.49. The Bertz CT molecular complexity index is 822. The molecule has 26 heavy (non-hydrogen) atoms.